The highest BCUT2D eigenvalue weighted by Crippen LogP contribution is 2.37. The summed E-state index contributed by atoms with van der Waals surface area (Å²) in [6.07, 6.45) is 0. The predicted octanol–water partition coefficient (Wildman–Crippen LogP) is 0.643. The van der Waals surface area contributed by atoms with Crippen LogP contribution < -0.4 is 10.2 Å². The molecule has 2 rings (SSSR count). The molecule has 2 aromatic rings. The zero-order valence-electron chi connectivity index (χ0n) is 10.0. The minimum Gasteiger partial charge on any atom is -0.374 e. The van der Waals surface area contributed by atoms with E-state index in [9.17, 15) is 25.4 Å². The van der Waals surface area contributed by atoms with Gasteiger partial charge in [-0.2, -0.15) is 0 Å². The lowest BCUT2D eigenvalue weighted by Crippen LogP contribution is -2.22. The van der Waals surface area contributed by atoms with Crippen LogP contribution in [0.5, 0.6) is 0 Å². The number of nitro benzene ring substituents is 1. The quantitative estimate of drug-likeness (QED) is 0.348. The van der Waals surface area contributed by atoms with E-state index in [1.165, 1.54) is 0 Å². The van der Waals surface area contributed by atoms with Gasteiger partial charge in [-0.25, -0.2) is 0 Å². The van der Waals surface area contributed by atoms with E-state index in [-0.39, 0.29) is 39.8 Å². The highest BCUT2D eigenvalue weighted by molar-refractivity contribution is 6.34. The first-order chi connectivity index (χ1) is 9.91. The third-order valence-electron chi connectivity index (χ3n) is 2.39. The van der Waals surface area contributed by atoms with Gasteiger partial charge in [-0.15, -0.1) is 10.1 Å². The van der Waals surface area contributed by atoms with Crippen LogP contribution in [0.3, 0.4) is 0 Å². The van der Waals surface area contributed by atoms with E-state index in [4.69, 9.17) is 11.6 Å². The Hall–Kier alpha value is -2.89. The molecule has 0 saturated heterocycles. The minimum atomic E-state index is -1.01. The molecule has 0 fully saturated rings. The van der Waals surface area contributed by atoms with Crippen molar-refractivity contribution in [3.8, 4) is 0 Å². The summed E-state index contributed by atoms with van der Waals surface area (Å²) in [5.41, 5.74) is -0.961. The van der Waals surface area contributed by atoms with Crippen LogP contribution in [-0.2, 0) is 4.84 Å². The van der Waals surface area contributed by atoms with Crippen LogP contribution in [0.1, 0.15) is 0 Å². The molecule has 1 aromatic carbocycles. The molecule has 112 valence electrons. The van der Waals surface area contributed by atoms with Gasteiger partial charge in [0.2, 0.25) is 5.52 Å². The number of benzene rings is 1. The Morgan fingerprint density at radius 2 is 2.19 bits per heavy atom. The van der Waals surface area contributed by atoms with Crippen molar-refractivity contribution in [3.05, 3.63) is 36.5 Å². The van der Waals surface area contributed by atoms with E-state index in [0.29, 0.717) is 0 Å². The molecule has 0 saturated carbocycles. The van der Waals surface area contributed by atoms with Crippen LogP contribution in [0.15, 0.2) is 10.7 Å². The Bertz CT molecular complexity index is 717. The molecular formula is C8H6ClN5O7. The SMILES string of the molecule is O=[N+]([O-])OCCNc1c([N+](=O)[O-])c(Cl)cc2c1no[n+]2[O-]. The van der Waals surface area contributed by atoms with Gasteiger partial charge in [-0.05, 0) is 4.90 Å². The summed E-state index contributed by atoms with van der Waals surface area (Å²) in [5.74, 6) is 0. The minimum absolute atomic E-state index is 0.0314. The van der Waals surface area contributed by atoms with Crippen molar-refractivity contribution in [1.82, 2.24) is 5.16 Å². The van der Waals surface area contributed by atoms with Gasteiger partial charge in [0, 0.05) is 17.8 Å². The maximum absolute atomic E-state index is 11.3. The molecule has 0 unspecified atom stereocenters. The number of nitrogens with zero attached hydrogens (tertiary/aromatic N) is 4. The van der Waals surface area contributed by atoms with Crippen molar-refractivity contribution in [2.24, 2.45) is 0 Å². The Morgan fingerprint density at radius 3 is 2.81 bits per heavy atom. The summed E-state index contributed by atoms with van der Waals surface area (Å²) in [4.78, 5) is 24.4. The maximum Gasteiger partial charge on any atom is 0.315 e. The van der Waals surface area contributed by atoms with Crippen LogP contribution in [-0.4, -0.2) is 28.3 Å². The average Bonchev–Trinajstić information content (AvgIpc) is 2.75. The van der Waals surface area contributed by atoms with E-state index < -0.39 is 15.7 Å². The summed E-state index contributed by atoms with van der Waals surface area (Å²) < 4.78 is 4.34. The number of anilines is 1. The predicted molar refractivity (Wildman–Crippen MR) is 66.1 cm³/mol. The van der Waals surface area contributed by atoms with Gasteiger partial charge in [0.05, 0.1) is 4.92 Å². The van der Waals surface area contributed by atoms with Gasteiger partial charge < -0.3 is 15.4 Å². The van der Waals surface area contributed by atoms with Crippen LogP contribution in [0.25, 0.3) is 11.0 Å². The molecule has 0 spiro atoms. The van der Waals surface area contributed by atoms with Gasteiger partial charge in [0.15, 0.2) is 5.69 Å². The zero-order valence-corrected chi connectivity index (χ0v) is 10.8. The summed E-state index contributed by atoms with van der Waals surface area (Å²) in [6, 6.07) is 1.04. The molecule has 0 aliphatic rings. The van der Waals surface area contributed by atoms with Crippen LogP contribution in [0.4, 0.5) is 11.4 Å². The molecule has 1 N–H and O–H groups in total. The normalized spacial score (nSPS) is 10.5. The average molecular weight is 320 g/mol. The molecule has 21 heavy (non-hydrogen) atoms. The Morgan fingerprint density at radius 1 is 1.48 bits per heavy atom. The smallest absolute Gasteiger partial charge is 0.315 e. The second-order valence-electron chi connectivity index (χ2n) is 3.62. The van der Waals surface area contributed by atoms with Crippen molar-refractivity contribution in [2.75, 3.05) is 18.5 Å². The first kappa shape index (κ1) is 14.5. The largest absolute Gasteiger partial charge is 0.374 e. The third-order valence-corrected chi connectivity index (χ3v) is 2.68. The van der Waals surface area contributed by atoms with Gasteiger partial charge >= 0.3 is 5.69 Å². The number of halogens is 1. The number of nitro groups is 1. The first-order valence-electron chi connectivity index (χ1n) is 5.29. The zero-order chi connectivity index (χ0) is 15.6. The molecule has 12 nitrogen and oxygen atoms in total. The highest BCUT2D eigenvalue weighted by Gasteiger charge is 2.28. The van der Waals surface area contributed by atoms with Gasteiger partial charge in [-0.1, -0.05) is 11.6 Å². The van der Waals surface area contributed by atoms with Crippen molar-refractivity contribution in [1.29, 1.82) is 0 Å². The first-order valence-corrected chi connectivity index (χ1v) is 5.67. The fraction of sp³-hybridized carbons (Fsp3) is 0.250. The summed E-state index contributed by atoms with van der Waals surface area (Å²) >= 11 is 5.75. The molecule has 0 amide bonds. The topological polar surface area (TPSA) is 161 Å². The fourth-order valence-electron chi connectivity index (χ4n) is 1.61. The van der Waals surface area contributed by atoms with E-state index in [1.807, 2.05) is 0 Å². The Labute approximate surface area is 119 Å². The van der Waals surface area contributed by atoms with Gasteiger partial charge in [0.1, 0.15) is 11.6 Å². The van der Waals surface area contributed by atoms with Crippen molar-refractivity contribution in [2.45, 2.75) is 0 Å². The summed E-state index contributed by atoms with van der Waals surface area (Å²) in [5, 5.41) is 36.9. The van der Waals surface area contributed by atoms with Crippen molar-refractivity contribution in [3.63, 3.8) is 0 Å². The second kappa shape index (κ2) is 5.62. The number of fused-ring (bicyclic) bond motifs is 1. The number of hydrogen-bond donors (Lipinski definition) is 1. The maximum atomic E-state index is 11.3. The molecule has 0 aliphatic carbocycles. The van der Waals surface area contributed by atoms with E-state index in [2.05, 4.69) is 19.9 Å². The van der Waals surface area contributed by atoms with E-state index in [1.54, 1.807) is 0 Å². The van der Waals surface area contributed by atoms with Gasteiger partial charge in [-0.3, -0.25) is 14.7 Å². The molecule has 0 bridgehead atoms. The molecular weight excluding hydrogens is 314 g/mol. The highest BCUT2D eigenvalue weighted by atomic mass is 35.5. The molecule has 0 aliphatic heterocycles. The lowest BCUT2D eigenvalue weighted by molar-refractivity contribution is -0.782. The standard InChI is InChI=1S/C8H6ClN5O7/c9-4-3-5-6(11-21-13(5)17)7(8(4)12(15)16)10-1-2-20-14(18)19/h3,10H,1-2H2. The lowest BCUT2D eigenvalue weighted by atomic mass is 10.2. The van der Waals surface area contributed by atoms with Crippen LogP contribution in [0, 0.1) is 25.4 Å². The van der Waals surface area contributed by atoms with E-state index in [0.717, 1.165) is 6.07 Å². The number of rotatable bonds is 6. The van der Waals surface area contributed by atoms with Crippen molar-refractivity contribution < 1.29 is 24.4 Å². The van der Waals surface area contributed by atoms with E-state index >= 15 is 0 Å². The second-order valence-corrected chi connectivity index (χ2v) is 4.03. The van der Waals surface area contributed by atoms with Gasteiger partial charge in [0.25, 0.3) is 10.6 Å². The monoisotopic (exact) mass is 319 g/mol. The molecule has 13 heteroatoms. The number of nitrogens with one attached hydrogen (secondary N) is 1. The van der Waals surface area contributed by atoms with Crippen LogP contribution in [0.2, 0.25) is 5.02 Å². The lowest BCUT2D eigenvalue weighted by Gasteiger charge is -2.06. The Kier molecular flexibility index (Phi) is 3.89. The molecule has 0 atom stereocenters. The summed E-state index contributed by atoms with van der Waals surface area (Å²) in [7, 11) is 0. The number of hydrogen-bond acceptors (Lipinski definition) is 9. The van der Waals surface area contributed by atoms with Crippen molar-refractivity contribution >= 4 is 34.0 Å². The number of aromatic nitrogens is 2. The molecule has 0 radical (unpaired) electrons. The fourth-order valence-corrected chi connectivity index (χ4v) is 1.88. The molecule has 1 aromatic heterocycles. The third kappa shape index (κ3) is 2.84. The van der Waals surface area contributed by atoms with Crippen LogP contribution >= 0.6 is 11.6 Å². The Balaban J connectivity index is 2.40. The summed E-state index contributed by atoms with van der Waals surface area (Å²) in [6.45, 7) is -0.517. The molecule has 1 heterocycles.